The number of hydrogen-bond donors (Lipinski definition) is 0. The van der Waals surface area contributed by atoms with Gasteiger partial charge in [-0.15, -0.1) is 0 Å². The molecule has 0 amide bonds. The Bertz CT molecular complexity index is 1170. The zero-order chi connectivity index (χ0) is 22.8. The number of hydrogen-bond acceptors (Lipinski definition) is 4. The van der Waals surface area contributed by atoms with E-state index >= 15 is 0 Å². The molecule has 2 aromatic carbocycles. The van der Waals surface area contributed by atoms with E-state index in [1.807, 2.05) is 6.07 Å². The number of fused-ring (bicyclic) bond motifs is 5. The Morgan fingerprint density at radius 2 is 1.70 bits per heavy atom. The second kappa shape index (κ2) is 9.50. The lowest BCUT2D eigenvalue weighted by molar-refractivity contribution is -0.693. The normalized spacial score (nSPS) is 13.7. The quantitative estimate of drug-likeness (QED) is 0.297. The van der Waals surface area contributed by atoms with E-state index in [1.165, 1.54) is 71.8 Å². The minimum absolute atomic E-state index is 0.302. The van der Waals surface area contributed by atoms with E-state index in [0.29, 0.717) is 6.79 Å². The number of pyridine rings is 1. The average Bonchev–Trinajstić information content (AvgIpc) is 3.30. The van der Waals surface area contributed by atoms with Crippen LogP contribution in [-0.2, 0) is 19.4 Å². The van der Waals surface area contributed by atoms with Crippen LogP contribution < -0.4 is 23.5 Å². The molecule has 0 fully saturated rings. The van der Waals surface area contributed by atoms with Crippen LogP contribution in [0, 0.1) is 0 Å². The SMILES string of the molecule is CCCCCCCCc1c2c(OC)c(OC)ccc2cc2[n+]1CCc1cc3c(cc1-2)OCO3. The van der Waals surface area contributed by atoms with Crippen LogP contribution in [0.3, 0.4) is 0 Å². The topological polar surface area (TPSA) is 40.8 Å². The van der Waals surface area contributed by atoms with Crippen molar-refractivity contribution in [2.45, 2.75) is 64.8 Å². The van der Waals surface area contributed by atoms with Crippen molar-refractivity contribution >= 4 is 10.8 Å². The van der Waals surface area contributed by atoms with Gasteiger partial charge in [0.05, 0.1) is 25.2 Å². The molecule has 0 bridgehead atoms. The Morgan fingerprint density at radius 3 is 2.48 bits per heavy atom. The summed E-state index contributed by atoms with van der Waals surface area (Å²) in [6, 6.07) is 10.8. The smallest absolute Gasteiger partial charge is 0.231 e. The van der Waals surface area contributed by atoms with Crippen LogP contribution in [0.4, 0.5) is 0 Å². The van der Waals surface area contributed by atoms with Crippen molar-refractivity contribution in [1.82, 2.24) is 0 Å². The zero-order valence-corrected chi connectivity index (χ0v) is 20.0. The predicted molar refractivity (Wildman–Crippen MR) is 130 cm³/mol. The summed E-state index contributed by atoms with van der Waals surface area (Å²) in [5, 5.41) is 2.36. The van der Waals surface area contributed by atoms with Gasteiger partial charge < -0.3 is 18.9 Å². The first kappa shape index (κ1) is 21.9. The van der Waals surface area contributed by atoms with Gasteiger partial charge in [0.2, 0.25) is 12.5 Å². The van der Waals surface area contributed by atoms with Crippen LogP contribution in [0.25, 0.3) is 22.0 Å². The van der Waals surface area contributed by atoms with Crippen LogP contribution in [-0.4, -0.2) is 21.0 Å². The molecule has 0 aliphatic carbocycles. The Kier molecular flexibility index (Phi) is 6.30. The summed E-state index contributed by atoms with van der Waals surface area (Å²) in [6.07, 6.45) is 9.68. The fraction of sp³-hybridized carbons (Fsp3) is 0.464. The maximum Gasteiger partial charge on any atom is 0.231 e. The van der Waals surface area contributed by atoms with Gasteiger partial charge in [-0.1, -0.05) is 39.0 Å². The summed E-state index contributed by atoms with van der Waals surface area (Å²) in [6.45, 7) is 3.52. The fourth-order valence-corrected chi connectivity index (χ4v) is 5.34. The third-order valence-corrected chi connectivity index (χ3v) is 7.02. The van der Waals surface area contributed by atoms with Gasteiger partial charge in [-0.2, -0.15) is 4.57 Å². The van der Waals surface area contributed by atoms with Crippen LogP contribution in [0.15, 0.2) is 30.3 Å². The van der Waals surface area contributed by atoms with Gasteiger partial charge in [0.25, 0.3) is 0 Å². The van der Waals surface area contributed by atoms with Gasteiger partial charge in [0, 0.05) is 18.9 Å². The number of nitrogens with zero attached hydrogens (tertiary/aromatic N) is 1. The number of aromatic nitrogens is 1. The van der Waals surface area contributed by atoms with E-state index in [2.05, 4.69) is 35.8 Å². The van der Waals surface area contributed by atoms with Crippen molar-refractivity contribution in [2.75, 3.05) is 21.0 Å². The second-order valence-corrected chi connectivity index (χ2v) is 9.02. The summed E-state index contributed by atoms with van der Waals surface area (Å²) in [5.41, 5.74) is 5.16. The molecule has 174 valence electrons. The number of aryl methyl sites for hydroxylation is 2. The summed E-state index contributed by atoms with van der Waals surface area (Å²) < 4.78 is 25.4. The van der Waals surface area contributed by atoms with Gasteiger partial charge in [0.15, 0.2) is 35.2 Å². The van der Waals surface area contributed by atoms with E-state index in [9.17, 15) is 0 Å². The Hall–Kier alpha value is -2.95. The van der Waals surface area contributed by atoms with Crippen molar-refractivity contribution in [3.63, 3.8) is 0 Å². The maximum atomic E-state index is 5.90. The minimum atomic E-state index is 0.302. The molecule has 3 aromatic rings. The molecule has 0 saturated heterocycles. The summed E-state index contributed by atoms with van der Waals surface area (Å²) in [5.74, 6) is 3.32. The first-order chi connectivity index (χ1) is 16.2. The Morgan fingerprint density at radius 1 is 0.909 bits per heavy atom. The van der Waals surface area contributed by atoms with Gasteiger partial charge in [-0.25, -0.2) is 0 Å². The van der Waals surface area contributed by atoms with Crippen LogP contribution in [0.2, 0.25) is 0 Å². The largest absolute Gasteiger partial charge is 0.493 e. The molecule has 5 heteroatoms. The molecular formula is C28H34NO4+. The molecule has 0 N–H and O–H groups in total. The van der Waals surface area contributed by atoms with Crippen LogP contribution in [0.1, 0.15) is 56.7 Å². The maximum absolute atomic E-state index is 5.90. The molecule has 5 nitrogen and oxygen atoms in total. The molecule has 5 rings (SSSR count). The van der Waals surface area contributed by atoms with E-state index in [4.69, 9.17) is 18.9 Å². The highest BCUT2D eigenvalue weighted by atomic mass is 16.7. The van der Waals surface area contributed by atoms with Crippen molar-refractivity contribution in [1.29, 1.82) is 0 Å². The molecule has 33 heavy (non-hydrogen) atoms. The van der Waals surface area contributed by atoms with Crippen molar-refractivity contribution < 1.29 is 23.5 Å². The summed E-state index contributed by atoms with van der Waals surface area (Å²) in [7, 11) is 3.45. The lowest BCUT2D eigenvalue weighted by Crippen LogP contribution is -2.44. The van der Waals surface area contributed by atoms with E-state index in [1.54, 1.807) is 14.2 Å². The number of methoxy groups -OCH3 is 2. The first-order valence-corrected chi connectivity index (χ1v) is 12.3. The number of benzene rings is 2. The van der Waals surface area contributed by atoms with Crippen LogP contribution >= 0.6 is 0 Å². The number of rotatable bonds is 9. The second-order valence-electron chi connectivity index (χ2n) is 9.02. The molecule has 0 unspecified atom stereocenters. The highest BCUT2D eigenvalue weighted by Gasteiger charge is 2.32. The molecule has 3 heterocycles. The fourth-order valence-electron chi connectivity index (χ4n) is 5.34. The van der Waals surface area contributed by atoms with E-state index in [0.717, 1.165) is 42.4 Å². The monoisotopic (exact) mass is 448 g/mol. The Balaban J connectivity index is 1.62. The van der Waals surface area contributed by atoms with Gasteiger partial charge in [-0.3, -0.25) is 0 Å². The highest BCUT2D eigenvalue weighted by molar-refractivity contribution is 5.94. The molecule has 1 aromatic heterocycles. The van der Waals surface area contributed by atoms with Crippen LogP contribution in [0.5, 0.6) is 23.0 Å². The molecule has 2 aliphatic rings. The number of unbranched alkanes of at least 4 members (excludes halogenated alkanes) is 5. The van der Waals surface area contributed by atoms with Crippen molar-refractivity contribution in [3.8, 4) is 34.3 Å². The average molecular weight is 449 g/mol. The molecule has 0 atom stereocenters. The standard InChI is InChI=1S/C28H34NO4/c1-4-5-6-7-8-9-10-22-27-20(11-12-24(30-2)28(27)31-3)15-23-21-17-26-25(32-18-33-26)16-19(21)13-14-29(22)23/h11-12,15-17H,4-10,13-14,18H2,1-3H3/q+1. The number of ether oxygens (including phenoxy) is 4. The summed E-state index contributed by atoms with van der Waals surface area (Å²) in [4.78, 5) is 0. The summed E-state index contributed by atoms with van der Waals surface area (Å²) >= 11 is 0. The van der Waals surface area contributed by atoms with Gasteiger partial charge >= 0.3 is 0 Å². The zero-order valence-electron chi connectivity index (χ0n) is 20.0. The molecule has 0 spiro atoms. The van der Waals surface area contributed by atoms with Gasteiger partial charge in [0.1, 0.15) is 0 Å². The highest BCUT2D eigenvalue weighted by Crippen LogP contribution is 2.43. The molecule has 2 aliphatic heterocycles. The Labute approximate surface area is 196 Å². The molecule has 0 saturated carbocycles. The lowest BCUT2D eigenvalue weighted by Gasteiger charge is -2.20. The van der Waals surface area contributed by atoms with Crippen molar-refractivity contribution in [2.24, 2.45) is 0 Å². The molecular weight excluding hydrogens is 414 g/mol. The third kappa shape index (κ3) is 3.98. The van der Waals surface area contributed by atoms with Crippen molar-refractivity contribution in [3.05, 3.63) is 41.6 Å². The first-order valence-electron chi connectivity index (χ1n) is 12.3. The predicted octanol–water partition coefficient (Wildman–Crippen LogP) is 6.00. The van der Waals surface area contributed by atoms with Gasteiger partial charge in [-0.05, 0) is 41.6 Å². The minimum Gasteiger partial charge on any atom is -0.493 e. The third-order valence-electron chi connectivity index (χ3n) is 7.02. The van der Waals surface area contributed by atoms with E-state index < -0.39 is 0 Å². The van der Waals surface area contributed by atoms with E-state index in [-0.39, 0.29) is 0 Å². The lowest BCUT2D eigenvalue weighted by atomic mass is 9.92. The molecule has 0 radical (unpaired) electrons.